The maximum Gasteiger partial charge on any atom is 0.333 e. The van der Waals surface area contributed by atoms with Gasteiger partial charge in [0.1, 0.15) is 6.23 Å². The molecule has 1 saturated heterocycles. The van der Waals surface area contributed by atoms with Crippen molar-refractivity contribution in [1.29, 1.82) is 0 Å². The molecule has 0 radical (unpaired) electrons. The number of rotatable bonds is 7. The third-order valence-corrected chi connectivity index (χ3v) is 5.17. The molecule has 2 unspecified atom stereocenters. The van der Waals surface area contributed by atoms with Crippen LogP contribution in [0.2, 0.25) is 5.02 Å². The van der Waals surface area contributed by atoms with E-state index in [9.17, 15) is 9.90 Å². The topological polar surface area (TPSA) is 53.0 Å². The third kappa shape index (κ3) is 5.45. The van der Waals surface area contributed by atoms with Crippen molar-refractivity contribution in [2.45, 2.75) is 25.7 Å². The average molecular weight is 389 g/mol. The molecule has 2 aromatic carbocycles. The van der Waals surface area contributed by atoms with Gasteiger partial charge in [-0.05, 0) is 36.8 Å². The lowest BCUT2D eigenvalue weighted by Crippen LogP contribution is -2.51. The number of benzene rings is 2. The van der Waals surface area contributed by atoms with Crippen molar-refractivity contribution in [2.24, 2.45) is 0 Å². The SMILES string of the molecule is CC(OC(Cc1ccccc1)C(=O)O)N1CCN(c2ccc(Cl)cc2)CC1. The summed E-state index contributed by atoms with van der Waals surface area (Å²) in [6.07, 6.45) is -0.732. The van der Waals surface area contributed by atoms with E-state index in [-0.39, 0.29) is 6.23 Å². The Balaban J connectivity index is 1.53. The first-order chi connectivity index (χ1) is 13.0. The van der Waals surface area contributed by atoms with Gasteiger partial charge in [-0.15, -0.1) is 0 Å². The number of halogens is 1. The van der Waals surface area contributed by atoms with E-state index in [1.807, 2.05) is 61.5 Å². The van der Waals surface area contributed by atoms with Crippen LogP contribution in [0.25, 0.3) is 0 Å². The second-order valence-electron chi connectivity index (χ2n) is 6.75. The summed E-state index contributed by atoms with van der Waals surface area (Å²) in [5, 5.41) is 10.3. The van der Waals surface area contributed by atoms with Gasteiger partial charge in [-0.3, -0.25) is 4.90 Å². The minimum atomic E-state index is -0.925. The van der Waals surface area contributed by atoms with E-state index < -0.39 is 12.1 Å². The molecule has 0 bridgehead atoms. The second-order valence-corrected chi connectivity index (χ2v) is 7.19. The number of hydrogen-bond acceptors (Lipinski definition) is 4. The highest BCUT2D eigenvalue weighted by atomic mass is 35.5. The van der Waals surface area contributed by atoms with Crippen LogP contribution >= 0.6 is 11.6 Å². The van der Waals surface area contributed by atoms with E-state index in [4.69, 9.17) is 16.3 Å². The van der Waals surface area contributed by atoms with Crippen molar-refractivity contribution < 1.29 is 14.6 Å². The second kappa shape index (κ2) is 9.22. The van der Waals surface area contributed by atoms with Crippen LogP contribution in [0.1, 0.15) is 12.5 Å². The molecule has 2 aromatic rings. The first-order valence-electron chi connectivity index (χ1n) is 9.19. The molecule has 0 aliphatic carbocycles. The van der Waals surface area contributed by atoms with E-state index in [0.717, 1.165) is 42.5 Å². The molecular formula is C21H25ClN2O3. The fourth-order valence-corrected chi connectivity index (χ4v) is 3.47. The predicted octanol–water partition coefficient (Wildman–Crippen LogP) is 3.52. The number of nitrogens with zero attached hydrogens (tertiary/aromatic N) is 2. The van der Waals surface area contributed by atoms with Gasteiger partial charge in [0.05, 0.1) is 0 Å². The lowest BCUT2D eigenvalue weighted by Gasteiger charge is -2.39. The van der Waals surface area contributed by atoms with Gasteiger partial charge in [0.2, 0.25) is 0 Å². The Morgan fingerprint density at radius 2 is 1.70 bits per heavy atom. The normalized spacial score (nSPS) is 17.5. The van der Waals surface area contributed by atoms with Gasteiger partial charge >= 0.3 is 5.97 Å². The molecule has 1 N–H and O–H groups in total. The highest BCUT2D eigenvalue weighted by Gasteiger charge is 2.27. The van der Waals surface area contributed by atoms with Gasteiger partial charge in [-0.2, -0.15) is 0 Å². The molecule has 5 nitrogen and oxygen atoms in total. The lowest BCUT2D eigenvalue weighted by atomic mass is 10.1. The Kier molecular flexibility index (Phi) is 6.72. The molecule has 1 fully saturated rings. The van der Waals surface area contributed by atoms with Crippen LogP contribution in [0.5, 0.6) is 0 Å². The van der Waals surface area contributed by atoms with Crippen molar-refractivity contribution in [3.05, 3.63) is 65.2 Å². The van der Waals surface area contributed by atoms with Gasteiger partial charge in [-0.1, -0.05) is 41.9 Å². The standard InChI is InChI=1S/C21H25ClN2O3/c1-16(27-20(21(25)26)15-17-5-3-2-4-6-17)23-11-13-24(14-12-23)19-9-7-18(22)8-10-19/h2-10,16,20H,11-15H2,1H3,(H,25,26). The average Bonchev–Trinajstić information content (AvgIpc) is 2.69. The first-order valence-corrected chi connectivity index (χ1v) is 9.57. The maximum atomic E-state index is 11.6. The smallest absolute Gasteiger partial charge is 0.333 e. The third-order valence-electron chi connectivity index (χ3n) is 4.92. The molecule has 1 heterocycles. The largest absolute Gasteiger partial charge is 0.479 e. The summed E-state index contributed by atoms with van der Waals surface area (Å²) in [7, 11) is 0. The van der Waals surface area contributed by atoms with E-state index in [0.29, 0.717) is 6.42 Å². The molecular weight excluding hydrogens is 364 g/mol. The van der Waals surface area contributed by atoms with Crippen molar-refractivity contribution in [3.63, 3.8) is 0 Å². The Hall–Kier alpha value is -2.08. The highest BCUT2D eigenvalue weighted by molar-refractivity contribution is 6.30. The van der Waals surface area contributed by atoms with Crippen molar-refractivity contribution in [3.8, 4) is 0 Å². The summed E-state index contributed by atoms with van der Waals surface area (Å²) in [5.74, 6) is -0.925. The first kappa shape index (κ1) is 19.7. The molecule has 0 saturated carbocycles. The Morgan fingerprint density at radius 1 is 1.07 bits per heavy atom. The van der Waals surface area contributed by atoms with Gasteiger partial charge in [0.15, 0.2) is 6.10 Å². The quantitative estimate of drug-likeness (QED) is 0.786. The zero-order chi connectivity index (χ0) is 19.2. The number of carboxylic acid groups (broad SMARTS) is 1. The molecule has 6 heteroatoms. The summed E-state index contributed by atoms with van der Waals surface area (Å²) >= 11 is 5.96. The van der Waals surface area contributed by atoms with Crippen LogP contribution in [-0.2, 0) is 16.0 Å². The molecule has 27 heavy (non-hydrogen) atoms. The molecule has 1 aliphatic heterocycles. The fraction of sp³-hybridized carbons (Fsp3) is 0.381. The Labute approximate surface area is 165 Å². The van der Waals surface area contributed by atoms with Crippen molar-refractivity contribution >= 4 is 23.3 Å². The predicted molar refractivity (Wildman–Crippen MR) is 107 cm³/mol. The van der Waals surface area contributed by atoms with Crippen LogP contribution in [0.3, 0.4) is 0 Å². The molecule has 1 aliphatic rings. The summed E-state index contributed by atoms with van der Waals surface area (Å²) < 4.78 is 5.90. The molecule has 2 atom stereocenters. The van der Waals surface area contributed by atoms with E-state index in [1.54, 1.807) is 0 Å². The number of hydrogen-bond donors (Lipinski definition) is 1. The van der Waals surface area contributed by atoms with Gasteiger partial charge < -0.3 is 14.7 Å². The van der Waals surface area contributed by atoms with Crippen LogP contribution in [0, 0.1) is 0 Å². The van der Waals surface area contributed by atoms with E-state index in [2.05, 4.69) is 9.80 Å². The van der Waals surface area contributed by atoms with E-state index in [1.165, 1.54) is 0 Å². The number of carboxylic acids is 1. The molecule has 0 amide bonds. The van der Waals surface area contributed by atoms with Crippen LogP contribution in [-0.4, -0.2) is 54.5 Å². The summed E-state index contributed by atoms with van der Waals surface area (Å²) in [5.41, 5.74) is 2.12. The number of anilines is 1. The van der Waals surface area contributed by atoms with Crippen molar-refractivity contribution in [1.82, 2.24) is 4.90 Å². The van der Waals surface area contributed by atoms with Crippen molar-refractivity contribution in [2.75, 3.05) is 31.1 Å². The van der Waals surface area contributed by atoms with Crippen LogP contribution in [0.4, 0.5) is 5.69 Å². The molecule has 0 aromatic heterocycles. The lowest BCUT2D eigenvalue weighted by molar-refractivity contribution is -0.162. The Morgan fingerprint density at radius 3 is 2.30 bits per heavy atom. The minimum absolute atomic E-state index is 0.248. The van der Waals surface area contributed by atoms with E-state index >= 15 is 0 Å². The summed E-state index contributed by atoms with van der Waals surface area (Å²) in [6, 6.07) is 17.4. The van der Waals surface area contributed by atoms with Crippen LogP contribution in [0.15, 0.2) is 54.6 Å². The fourth-order valence-electron chi connectivity index (χ4n) is 3.34. The minimum Gasteiger partial charge on any atom is -0.479 e. The summed E-state index contributed by atoms with van der Waals surface area (Å²) in [6.45, 7) is 5.30. The number of carbonyl (C=O) groups is 1. The highest BCUT2D eigenvalue weighted by Crippen LogP contribution is 2.20. The number of piperazine rings is 1. The van der Waals surface area contributed by atoms with Gasteiger partial charge in [0, 0.05) is 43.3 Å². The number of aliphatic carboxylic acids is 1. The van der Waals surface area contributed by atoms with Gasteiger partial charge in [-0.25, -0.2) is 4.79 Å². The summed E-state index contributed by atoms with van der Waals surface area (Å²) in [4.78, 5) is 16.1. The molecule has 144 valence electrons. The van der Waals surface area contributed by atoms with Crippen LogP contribution < -0.4 is 4.90 Å². The monoisotopic (exact) mass is 388 g/mol. The maximum absolute atomic E-state index is 11.6. The number of ether oxygens (including phenoxy) is 1. The zero-order valence-corrected chi connectivity index (χ0v) is 16.2. The zero-order valence-electron chi connectivity index (χ0n) is 15.4. The Bertz CT molecular complexity index is 731. The molecule has 3 rings (SSSR count). The molecule has 0 spiro atoms. The van der Waals surface area contributed by atoms with Gasteiger partial charge in [0.25, 0.3) is 0 Å².